The van der Waals surface area contributed by atoms with E-state index in [2.05, 4.69) is 84.2 Å². The van der Waals surface area contributed by atoms with Gasteiger partial charge in [0.25, 0.3) is 5.91 Å². The number of hydrogen-bond donors (Lipinski definition) is 1. The van der Waals surface area contributed by atoms with E-state index in [1.807, 2.05) is 18.2 Å². The molecule has 1 aliphatic rings. The summed E-state index contributed by atoms with van der Waals surface area (Å²) in [6.07, 6.45) is 2.78. The van der Waals surface area contributed by atoms with E-state index in [4.69, 9.17) is 4.74 Å². The molecule has 0 aromatic heterocycles. The van der Waals surface area contributed by atoms with Crippen molar-refractivity contribution in [1.82, 2.24) is 5.43 Å². The van der Waals surface area contributed by atoms with E-state index in [1.54, 1.807) is 12.3 Å². The zero-order valence-corrected chi connectivity index (χ0v) is 19.9. The first-order valence-electron chi connectivity index (χ1n) is 10.3. The molecule has 0 saturated heterocycles. The van der Waals surface area contributed by atoms with Crippen molar-refractivity contribution in [2.75, 3.05) is 11.5 Å². The van der Waals surface area contributed by atoms with Crippen LogP contribution in [0.5, 0.6) is 5.75 Å². The molecule has 5 nitrogen and oxygen atoms in total. The quantitative estimate of drug-likeness (QED) is 0.448. The van der Waals surface area contributed by atoms with E-state index in [-0.39, 0.29) is 18.1 Å². The lowest BCUT2D eigenvalue weighted by molar-refractivity contribution is -0.123. The zero-order chi connectivity index (χ0) is 21.9. The molecule has 2 aromatic rings. The van der Waals surface area contributed by atoms with Crippen LogP contribution in [0.2, 0.25) is 0 Å². The number of fused-ring (bicyclic) bond motifs is 1. The number of hydrogen-bond acceptors (Lipinski definition) is 4. The normalized spacial score (nSPS) is 17.8. The lowest BCUT2D eigenvalue weighted by Crippen LogP contribution is -2.51. The van der Waals surface area contributed by atoms with E-state index in [9.17, 15) is 4.79 Å². The van der Waals surface area contributed by atoms with E-state index < -0.39 is 0 Å². The Morgan fingerprint density at radius 2 is 2.10 bits per heavy atom. The van der Waals surface area contributed by atoms with Crippen LogP contribution in [0.1, 0.15) is 58.1 Å². The monoisotopic (exact) mass is 471 g/mol. The lowest BCUT2D eigenvalue weighted by Gasteiger charge is -2.50. The molecule has 160 valence electrons. The van der Waals surface area contributed by atoms with Crippen molar-refractivity contribution >= 4 is 33.7 Å². The van der Waals surface area contributed by atoms with Crippen LogP contribution in [0.25, 0.3) is 0 Å². The topological polar surface area (TPSA) is 53.9 Å². The predicted molar refractivity (Wildman–Crippen MR) is 127 cm³/mol. The van der Waals surface area contributed by atoms with Gasteiger partial charge in [-0.15, -0.1) is 0 Å². The SMILES string of the molecule is CC(C)N1c2ccc(/C=N/NC(=O)COc3cccc(Br)c3)cc2[C@@H](C)CC1(C)C. The fraction of sp³-hybridized carbons (Fsp3) is 0.417. The molecule has 3 rings (SSSR count). The van der Waals surface area contributed by atoms with Crippen LogP contribution in [-0.2, 0) is 4.79 Å². The molecule has 1 aliphatic heterocycles. The van der Waals surface area contributed by atoms with Crippen molar-refractivity contribution in [2.45, 2.75) is 58.5 Å². The maximum absolute atomic E-state index is 12.0. The standard InChI is InChI=1S/C24H30BrN3O2/c1-16(2)28-22-10-9-18(11-21(22)17(3)13-24(28,4)5)14-26-27-23(29)15-30-20-8-6-7-19(25)12-20/h6-12,14,16-17H,13,15H2,1-5H3,(H,27,29)/b26-14+/t17-/m0/s1. The minimum atomic E-state index is -0.301. The van der Waals surface area contributed by atoms with Gasteiger partial charge in [0.2, 0.25) is 0 Å². The van der Waals surface area contributed by atoms with Crippen molar-refractivity contribution < 1.29 is 9.53 Å². The number of nitrogens with one attached hydrogen (secondary N) is 1. The van der Waals surface area contributed by atoms with Crippen molar-refractivity contribution in [1.29, 1.82) is 0 Å². The molecule has 0 bridgehead atoms. The summed E-state index contributed by atoms with van der Waals surface area (Å²) in [6.45, 7) is 11.3. The van der Waals surface area contributed by atoms with E-state index in [0.717, 1.165) is 16.5 Å². The third kappa shape index (κ3) is 5.22. The first kappa shape index (κ1) is 22.3. The van der Waals surface area contributed by atoms with Crippen molar-refractivity contribution in [2.24, 2.45) is 5.10 Å². The summed E-state index contributed by atoms with van der Waals surface area (Å²) in [5.41, 5.74) is 6.24. The highest BCUT2D eigenvalue weighted by Crippen LogP contribution is 2.44. The molecule has 30 heavy (non-hydrogen) atoms. The molecule has 0 saturated carbocycles. The summed E-state index contributed by atoms with van der Waals surface area (Å²) in [7, 11) is 0. The maximum Gasteiger partial charge on any atom is 0.277 e. The fourth-order valence-electron chi connectivity index (χ4n) is 4.44. The third-order valence-corrected chi connectivity index (χ3v) is 5.88. The number of benzene rings is 2. The molecule has 1 amide bonds. The number of ether oxygens (including phenoxy) is 1. The van der Waals surface area contributed by atoms with Gasteiger partial charge in [0, 0.05) is 21.7 Å². The van der Waals surface area contributed by atoms with Crippen LogP contribution in [0.4, 0.5) is 5.69 Å². The van der Waals surface area contributed by atoms with Crippen LogP contribution >= 0.6 is 15.9 Å². The second kappa shape index (κ2) is 9.21. The molecule has 0 fully saturated rings. The van der Waals surface area contributed by atoms with Gasteiger partial charge in [-0.25, -0.2) is 5.43 Å². The molecule has 0 unspecified atom stereocenters. The Morgan fingerprint density at radius 3 is 2.80 bits per heavy atom. The molecule has 1 heterocycles. The molecular weight excluding hydrogens is 442 g/mol. The number of nitrogens with zero attached hydrogens (tertiary/aromatic N) is 2. The van der Waals surface area contributed by atoms with E-state index in [1.165, 1.54) is 11.3 Å². The minimum absolute atomic E-state index is 0.0898. The van der Waals surface area contributed by atoms with E-state index >= 15 is 0 Å². The van der Waals surface area contributed by atoms with Gasteiger partial charge < -0.3 is 9.64 Å². The van der Waals surface area contributed by atoms with Gasteiger partial charge in [0.1, 0.15) is 5.75 Å². The van der Waals surface area contributed by atoms with Crippen LogP contribution < -0.4 is 15.1 Å². The molecule has 2 aromatic carbocycles. The predicted octanol–water partition coefficient (Wildman–Crippen LogP) is 5.48. The number of carbonyl (C=O) groups excluding carboxylic acids is 1. The van der Waals surface area contributed by atoms with Crippen molar-refractivity contribution in [3.05, 3.63) is 58.1 Å². The number of hydrazone groups is 1. The molecule has 0 radical (unpaired) electrons. The number of carbonyl (C=O) groups is 1. The maximum atomic E-state index is 12.0. The molecule has 0 spiro atoms. The Balaban J connectivity index is 1.64. The van der Waals surface area contributed by atoms with Gasteiger partial charge in [0.15, 0.2) is 6.61 Å². The Morgan fingerprint density at radius 1 is 1.33 bits per heavy atom. The van der Waals surface area contributed by atoms with Crippen molar-refractivity contribution in [3.63, 3.8) is 0 Å². The van der Waals surface area contributed by atoms with Gasteiger partial charge in [0.05, 0.1) is 6.21 Å². The summed E-state index contributed by atoms with van der Waals surface area (Å²) in [5, 5.41) is 4.10. The average Bonchev–Trinajstić information content (AvgIpc) is 2.66. The number of anilines is 1. The Bertz CT molecular complexity index is 940. The minimum Gasteiger partial charge on any atom is -0.484 e. The summed E-state index contributed by atoms with van der Waals surface area (Å²) in [4.78, 5) is 14.5. The first-order chi connectivity index (χ1) is 14.2. The number of rotatable bonds is 6. The van der Waals surface area contributed by atoms with E-state index in [0.29, 0.717) is 17.7 Å². The van der Waals surface area contributed by atoms with Crippen LogP contribution in [0.3, 0.4) is 0 Å². The van der Waals surface area contributed by atoms with Gasteiger partial charge in [-0.1, -0.05) is 35.0 Å². The first-order valence-corrected chi connectivity index (χ1v) is 11.1. The fourth-order valence-corrected chi connectivity index (χ4v) is 4.82. The molecule has 1 N–H and O–H groups in total. The smallest absolute Gasteiger partial charge is 0.277 e. The average molecular weight is 472 g/mol. The highest BCUT2D eigenvalue weighted by molar-refractivity contribution is 9.10. The van der Waals surface area contributed by atoms with Crippen LogP contribution in [0.15, 0.2) is 52.0 Å². The highest BCUT2D eigenvalue weighted by Gasteiger charge is 2.37. The largest absolute Gasteiger partial charge is 0.484 e. The zero-order valence-electron chi connectivity index (χ0n) is 18.3. The molecule has 0 aliphatic carbocycles. The number of amides is 1. The van der Waals surface area contributed by atoms with Gasteiger partial charge >= 0.3 is 0 Å². The molecular formula is C24H30BrN3O2. The van der Waals surface area contributed by atoms with Gasteiger partial charge in [-0.05, 0) is 81.5 Å². The summed E-state index contributed by atoms with van der Waals surface area (Å²) >= 11 is 3.38. The summed E-state index contributed by atoms with van der Waals surface area (Å²) < 4.78 is 6.37. The van der Waals surface area contributed by atoms with Gasteiger partial charge in [-0.2, -0.15) is 5.10 Å². The van der Waals surface area contributed by atoms with Gasteiger partial charge in [-0.3, -0.25) is 4.79 Å². The number of halogens is 1. The second-order valence-corrected chi connectivity index (χ2v) is 9.65. The summed E-state index contributed by atoms with van der Waals surface area (Å²) in [6, 6.07) is 14.2. The third-order valence-electron chi connectivity index (χ3n) is 5.39. The Kier molecular flexibility index (Phi) is 6.86. The molecule has 1 atom stereocenters. The second-order valence-electron chi connectivity index (χ2n) is 8.74. The van der Waals surface area contributed by atoms with Crippen molar-refractivity contribution in [3.8, 4) is 5.75 Å². The Labute approximate surface area is 187 Å². The lowest BCUT2D eigenvalue weighted by atomic mass is 9.79. The molecule has 6 heteroatoms. The summed E-state index contributed by atoms with van der Waals surface area (Å²) in [5.74, 6) is 0.793. The van der Waals surface area contributed by atoms with Crippen LogP contribution in [0, 0.1) is 0 Å². The highest BCUT2D eigenvalue weighted by atomic mass is 79.9. The van der Waals surface area contributed by atoms with Crippen LogP contribution in [-0.4, -0.2) is 30.3 Å². The Hall–Kier alpha value is -2.34.